The van der Waals surface area contributed by atoms with Crippen molar-refractivity contribution in [1.82, 2.24) is 0 Å². The molecule has 4 nitrogen and oxygen atoms in total. The fraction of sp³-hybridized carbons (Fsp3) is 0.333. The smallest absolute Gasteiger partial charge is 0.159 e. The molecule has 0 saturated heterocycles. The van der Waals surface area contributed by atoms with Crippen molar-refractivity contribution in [3.8, 4) is 11.5 Å². The van der Waals surface area contributed by atoms with E-state index >= 15 is 0 Å². The predicted molar refractivity (Wildman–Crippen MR) is 49.7 cm³/mol. The predicted octanol–water partition coefficient (Wildman–Crippen LogP) is 1.24. The van der Waals surface area contributed by atoms with Crippen LogP contribution in [0.3, 0.4) is 0 Å². The molecule has 1 unspecified atom stereocenters. The minimum Gasteiger partial charge on any atom is -0.504 e. The molecule has 4 N–H and O–H groups in total. The molecule has 0 aliphatic heterocycles. The number of nitrogens with one attached hydrogen (secondary N) is 1. The number of anilines is 1. The first kappa shape index (κ1) is 9.67. The number of rotatable bonds is 3. The van der Waals surface area contributed by atoms with E-state index in [9.17, 15) is 5.11 Å². The second kappa shape index (κ2) is 4.00. The Morgan fingerprint density at radius 1 is 1.31 bits per heavy atom. The van der Waals surface area contributed by atoms with E-state index in [0.717, 1.165) is 0 Å². The van der Waals surface area contributed by atoms with Gasteiger partial charge in [-0.3, -0.25) is 0 Å². The van der Waals surface area contributed by atoms with Gasteiger partial charge in [0.1, 0.15) is 6.23 Å². The van der Waals surface area contributed by atoms with Gasteiger partial charge < -0.3 is 20.6 Å². The fourth-order valence-corrected chi connectivity index (χ4v) is 0.908. The quantitative estimate of drug-likeness (QED) is 0.323. The normalized spacial score (nSPS) is 12.5. The standard InChI is InChI=1S/C9H13NO3/c1-2-9(13)10-6-3-4-7(11)8(12)5-6/h3-5,9-13H,2H2,1H3. The summed E-state index contributed by atoms with van der Waals surface area (Å²) in [6.45, 7) is 1.83. The number of phenols is 2. The maximum absolute atomic E-state index is 9.22. The number of hydrogen-bond acceptors (Lipinski definition) is 4. The summed E-state index contributed by atoms with van der Waals surface area (Å²) in [6.07, 6.45) is -0.0642. The van der Waals surface area contributed by atoms with Crippen molar-refractivity contribution in [2.24, 2.45) is 0 Å². The zero-order valence-electron chi connectivity index (χ0n) is 7.36. The lowest BCUT2D eigenvalue weighted by Crippen LogP contribution is -2.16. The van der Waals surface area contributed by atoms with Crippen molar-refractivity contribution >= 4 is 5.69 Å². The van der Waals surface area contributed by atoms with Crippen molar-refractivity contribution < 1.29 is 15.3 Å². The highest BCUT2D eigenvalue weighted by molar-refractivity contribution is 5.53. The zero-order chi connectivity index (χ0) is 9.84. The van der Waals surface area contributed by atoms with E-state index < -0.39 is 6.23 Å². The van der Waals surface area contributed by atoms with Gasteiger partial charge in [0.2, 0.25) is 0 Å². The molecule has 72 valence electrons. The molecule has 0 spiro atoms. The maximum Gasteiger partial charge on any atom is 0.159 e. The molecule has 0 aliphatic rings. The zero-order valence-corrected chi connectivity index (χ0v) is 7.36. The summed E-state index contributed by atoms with van der Waals surface area (Å²) in [5, 5.41) is 30.1. The van der Waals surface area contributed by atoms with E-state index in [1.165, 1.54) is 12.1 Å². The first-order chi connectivity index (χ1) is 6.13. The lowest BCUT2D eigenvalue weighted by atomic mass is 10.2. The van der Waals surface area contributed by atoms with E-state index in [-0.39, 0.29) is 11.5 Å². The Bertz CT molecular complexity index is 288. The molecule has 0 saturated carbocycles. The van der Waals surface area contributed by atoms with Gasteiger partial charge in [-0.25, -0.2) is 0 Å². The Kier molecular flexibility index (Phi) is 2.97. The Hall–Kier alpha value is -1.42. The Balaban J connectivity index is 2.73. The van der Waals surface area contributed by atoms with Gasteiger partial charge in [0, 0.05) is 11.8 Å². The number of aromatic hydroxyl groups is 2. The van der Waals surface area contributed by atoms with E-state index in [4.69, 9.17) is 10.2 Å². The van der Waals surface area contributed by atoms with Crippen LogP contribution in [0.15, 0.2) is 18.2 Å². The van der Waals surface area contributed by atoms with Crippen LogP contribution in [0, 0.1) is 0 Å². The van der Waals surface area contributed by atoms with Crippen LogP contribution >= 0.6 is 0 Å². The number of hydrogen-bond donors (Lipinski definition) is 4. The van der Waals surface area contributed by atoms with Crippen molar-refractivity contribution in [2.75, 3.05) is 5.32 Å². The molecule has 1 rings (SSSR count). The minimum atomic E-state index is -0.635. The molecule has 0 fully saturated rings. The first-order valence-electron chi connectivity index (χ1n) is 4.10. The van der Waals surface area contributed by atoms with Crippen LogP contribution in [0.5, 0.6) is 11.5 Å². The van der Waals surface area contributed by atoms with Crippen LogP contribution in [0.25, 0.3) is 0 Å². The van der Waals surface area contributed by atoms with Gasteiger partial charge in [0.05, 0.1) is 0 Å². The number of phenolic OH excluding ortho intramolecular Hbond substituents is 2. The van der Waals surface area contributed by atoms with Crippen LogP contribution in [-0.4, -0.2) is 21.5 Å². The van der Waals surface area contributed by atoms with E-state index in [1.807, 2.05) is 6.92 Å². The third-order valence-corrected chi connectivity index (χ3v) is 1.70. The molecule has 1 atom stereocenters. The van der Waals surface area contributed by atoms with Crippen molar-refractivity contribution in [3.05, 3.63) is 18.2 Å². The van der Waals surface area contributed by atoms with Gasteiger partial charge in [0.15, 0.2) is 11.5 Å². The highest BCUT2D eigenvalue weighted by Gasteiger charge is 2.03. The summed E-state index contributed by atoms with van der Waals surface area (Å²) in [6, 6.07) is 4.29. The fourth-order valence-electron chi connectivity index (χ4n) is 0.908. The summed E-state index contributed by atoms with van der Waals surface area (Å²) in [5.41, 5.74) is 0.574. The average Bonchev–Trinajstić information content (AvgIpc) is 2.11. The Morgan fingerprint density at radius 2 is 2.00 bits per heavy atom. The molecular formula is C9H13NO3. The molecule has 0 heterocycles. The summed E-state index contributed by atoms with van der Waals surface area (Å²) in [7, 11) is 0. The summed E-state index contributed by atoms with van der Waals surface area (Å²) < 4.78 is 0. The number of aliphatic hydroxyl groups is 1. The van der Waals surface area contributed by atoms with Crippen LogP contribution in [0.2, 0.25) is 0 Å². The topological polar surface area (TPSA) is 72.7 Å². The molecule has 1 aromatic carbocycles. The van der Waals surface area contributed by atoms with Gasteiger partial charge in [-0.15, -0.1) is 0 Å². The molecule has 0 aromatic heterocycles. The van der Waals surface area contributed by atoms with Crippen molar-refractivity contribution in [1.29, 1.82) is 0 Å². The van der Waals surface area contributed by atoms with Crippen LogP contribution in [-0.2, 0) is 0 Å². The highest BCUT2D eigenvalue weighted by Crippen LogP contribution is 2.27. The SMILES string of the molecule is CCC(O)Nc1ccc(O)c(O)c1. The van der Waals surface area contributed by atoms with Gasteiger partial charge in [-0.2, -0.15) is 0 Å². The van der Waals surface area contributed by atoms with Gasteiger partial charge in [-0.05, 0) is 18.6 Å². The molecular weight excluding hydrogens is 170 g/mol. The second-order valence-electron chi connectivity index (χ2n) is 2.77. The van der Waals surface area contributed by atoms with E-state index in [2.05, 4.69) is 5.32 Å². The van der Waals surface area contributed by atoms with Gasteiger partial charge >= 0.3 is 0 Å². The molecule has 0 bridgehead atoms. The largest absolute Gasteiger partial charge is 0.504 e. The third-order valence-electron chi connectivity index (χ3n) is 1.70. The highest BCUT2D eigenvalue weighted by atomic mass is 16.3. The lowest BCUT2D eigenvalue weighted by molar-refractivity contribution is 0.199. The van der Waals surface area contributed by atoms with Crippen molar-refractivity contribution in [2.45, 2.75) is 19.6 Å². The molecule has 13 heavy (non-hydrogen) atoms. The molecule has 0 aliphatic carbocycles. The third kappa shape index (κ3) is 2.52. The average molecular weight is 183 g/mol. The Morgan fingerprint density at radius 3 is 2.54 bits per heavy atom. The summed E-state index contributed by atoms with van der Waals surface area (Å²) >= 11 is 0. The lowest BCUT2D eigenvalue weighted by Gasteiger charge is -2.12. The molecule has 1 aromatic rings. The minimum absolute atomic E-state index is 0.170. The van der Waals surface area contributed by atoms with E-state index in [0.29, 0.717) is 12.1 Å². The molecule has 0 amide bonds. The first-order valence-corrected chi connectivity index (χ1v) is 4.10. The van der Waals surface area contributed by atoms with Crippen LogP contribution < -0.4 is 5.32 Å². The van der Waals surface area contributed by atoms with Gasteiger partial charge in [-0.1, -0.05) is 6.92 Å². The molecule has 0 radical (unpaired) electrons. The summed E-state index contributed by atoms with van der Waals surface area (Å²) in [4.78, 5) is 0. The number of benzene rings is 1. The van der Waals surface area contributed by atoms with Gasteiger partial charge in [0.25, 0.3) is 0 Å². The Labute approximate surface area is 76.5 Å². The van der Waals surface area contributed by atoms with Crippen LogP contribution in [0.4, 0.5) is 5.69 Å². The van der Waals surface area contributed by atoms with Crippen molar-refractivity contribution in [3.63, 3.8) is 0 Å². The van der Waals surface area contributed by atoms with Crippen LogP contribution in [0.1, 0.15) is 13.3 Å². The number of aliphatic hydroxyl groups excluding tert-OH is 1. The maximum atomic E-state index is 9.22. The van der Waals surface area contributed by atoms with E-state index in [1.54, 1.807) is 6.07 Å². The molecule has 4 heteroatoms. The summed E-state index contributed by atoms with van der Waals surface area (Å²) in [5.74, 6) is -0.371. The monoisotopic (exact) mass is 183 g/mol. The second-order valence-corrected chi connectivity index (χ2v) is 2.77.